The third kappa shape index (κ3) is 10.5. The SMILES string of the molecule is CNC(=C[N+](=O)[O-])NCCSCc1csc(CN)n1.Cc1ccc(S(=O)(=O)O)cc1. The quantitative estimate of drug-likeness (QED) is 0.173. The molecule has 0 unspecified atom stereocenters. The number of aryl methyl sites for hydroxylation is 1. The first-order valence-electron chi connectivity index (χ1n) is 8.68. The summed E-state index contributed by atoms with van der Waals surface area (Å²) < 4.78 is 29.6. The summed E-state index contributed by atoms with van der Waals surface area (Å²) >= 11 is 3.29. The number of hydrogen-bond acceptors (Lipinski definition) is 10. The number of nitro groups is 1. The summed E-state index contributed by atoms with van der Waals surface area (Å²) in [5.41, 5.74) is 7.48. The summed E-state index contributed by atoms with van der Waals surface area (Å²) in [5, 5.41) is 18.9. The molecule has 2 rings (SSSR count). The largest absolute Gasteiger partial charge is 0.370 e. The molecule has 1 aromatic heterocycles. The second-order valence-electron chi connectivity index (χ2n) is 5.78. The third-order valence-electron chi connectivity index (χ3n) is 3.41. The van der Waals surface area contributed by atoms with E-state index in [0.717, 1.165) is 34.0 Å². The molecule has 10 nitrogen and oxygen atoms in total. The Kier molecular flexibility index (Phi) is 11.4. The van der Waals surface area contributed by atoms with Crippen LogP contribution >= 0.6 is 23.1 Å². The molecule has 1 aromatic carbocycles. The highest BCUT2D eigenvalue weighted by Crippen LogP contribution is 2.15. The maximum Gasteiger partial charge on any atom is 0.294 e. The van der Waals surface area contributed by atoms with Gasteiger partial charge in [-0.15, -0.1) is 11.3 Å². The van der Waals surface area contributed by atoms with Crippen LogP contribution in [-0.2, 0) is 22.4 Å². The van der Waals surface area contributed by atoms with E-state index < -0.39 is 15.0 Å². The lowest BCUT2D eigenvalue weighted by molar-refractivity contribution is -0.404. The van der Waals surface area contributed by atoms with Gasteiger partial charge in [0.05, 0.1) is 15.5 Å². The third-order valence-corrected chi connectivity index (χ3v) is 6.19. The van der Waals surface area contributed by atoms with Gasteiger partial charge in [0, 0.05) is 37.0 Å². The van der Waals surface area contributed by atoms with Crippen molar-refractivity contribution in [1.29, 1.82) is 0 Å². The molecule has 0 aliphatic rings. The van der Waals surface area contributed by atoms with E-state index in [1.807, 2.05) is 12.3 Å². The van der Waals surface area contributed by atoms with Crippen LogP contribution < -0.4 is 16.4 Å². The van der Waals surface area contributed by atoms with Crippen LogP contribution in [0, 0.1) is 17.0 Å². The highest BCUT2D eigenvalue weighted by atomic mass is 32.2. The van der Waals surface area contributed by atoms with Crippen LogP contribution in [0.4, 0.5) is 0 Å². The minimum atomic E-state index is -4.02. The zero-order chi connectivity index (χ0) is 22.6. The summed E-state index contributed by atoms with van der Waals surface area (Å²) in [6.45, 7) is 2.97. The lowest BCUT2D eigenvalue weighted by atomic mass is 10.2. The molecule has 166 valence electrons. The summed E-state index contributed by atoms with van der Waals surface area (Å²) in [6.07, 6.45) is 0.915. The van der Waals surface area contributed by atoms with Crippen molar-refractivity contribution in [1.82, 2.24) is 15.6 Å². The van der Waals surface area contributed by atoms with E-state index in [2.05, 4.69) is 15.6 Å². The highest BCUT2D eigenvalue weighted by Gasteiger charge is 2.07. The Morgan fingerprint density at radius 1 is 1.40 bits per heavy atom. The Hall–Kier alpha value is -2.19. The number of rotatable bonds is 10. The minimum Gasteiger partial charge on any atom is -0.370 e. The Balaban J connectivity index is 0.000000346. The predicted molar refractivity (Wildman–Crippen MR) is 119 cm³/mol. The first-order chi connectivity index (χ1) is 14.2. The van der Waals surface area contributed by atoms with E-state index in [4.69, 9.17) is 10.3 Å². The predicted octanol–water partition coefficient (Wildman–Crippen LogP) is 1.96. The van der Waals surface area contributed by atoms with Crippen LogP contribution in [0.1, 0.15) is 16.3 Å². The summed E-state index contributed by atoms with van der Waals surface area (Å²) in [7, 11) is -2.38. The number of benzene rings is 1. The van der Waals surface area contributed by atoms with Crippen LogP contribution in [-0.4, -0.2) is 42.2 Å². The van der Waals surface area contributed by atoms with Gasteiger partial charge in [-0.05, 0) is 19.1 Å². The number of aromatic nitrogens is 1. The van der Waals surface area contributed by atoms with Crippen molar-refractivity contribution in [3.05, 3.63) is 68.0 Å². The minimum absolute atomic E-state index is 0.0666. The number of nitrogens with one attached hydrogen (secondary N) is 2. The van der Waals surface area contributed by atoms with Crippen LogP contribution in [0.5, 0.6) is 0 Å². The van der Waals surface area contributed by atoms with Gasteiger partial charge in [-0.1, -0.05) is 17.7 Å². The van der Waals surface area contributed by atoms with E-state index in [1.54, 1.807) is 42.3 Å². The molecule has 5 N–H and O–H groups in total. The molecule has 0 amide bonds. The number of nitrogens with two attached hydrogens (primary N) is 1. The molecule has 0 atom stereocenters. The topological polar surface area (TPSA) is 160 Å². The Morgan fingerprint density at radius 2 is 2.07 bits per heavy atom. The summed E-state index contributed by atoms with van der Waals surface area (Å²) in [4.78, 5) is 14.1. The lowest BCUT2D eigenvalue weighted by Crippen LogP contribution is -2.26. The fourth-order valence-electron chi connectivity index (χ4n) is 1.96. The maximum absolute atomic E-state index is 10.5. The number of hydrogen-bond donors (Lipinski definition) is 4. The fraction of sp³-hybridized carbons (Fsp3) is 0.353. The van der Waals surface area contributed by atoms with Gasteiger partial charge in [0.25, 0.3) is 16.3 Å². The molecule has 2 aromatic rings. The summed E-state index contributed by atoms with van der Waals surface area (Å²) in [6, 6.07) is 5.99. The van der Waals surface area contributed by atoms with E-state index in [0.29, 0.717) is 18.9 Å². The van der Waals surface area contributed by atoms with Gasteiger partial charge in [-0.3, -0.25) is 14.7 Å². The number of nitrogens with zero attached hydrogens (tertiary/aromatic N) is 2. The molecule has 13 heteroatoms. The van der Waals surface area contributed by atoms with Crippen LogP contribution in [0.15, 0.2) is 46.6 Å². The fourth-order valence-corrected chi connectivity index (χ4v) is 3.97. The van der Waals surface area contributed by atoms with Gasteiger partial charge in [-0.2, -0.15) is 20.2 Å². The Morgan fingerprint density at radius 3 is 2.57 bits per heavy atom. The molecule has 0 aliphatic heterocycles. The average molecular weight is 476 g/mol. The Labute approximate surface area is 183 Å². The molecular weight excluding hydrogens is 450 g/mol. The molecular formula is C17H25N5O5S3. The van der Waals surface area contributed by atoms with Crippen molar-refractivity contribution in [3.63, 3.8) is 0 Å². The van der Waals surface area contributed by atoms with Crippen molar-refractivity contribution in [2.75, 3.05) is 19.3 Å². The van der Waals surface area contributed by atoms with E-state index in [9.17, 15) is 18.5 Å². The zero-order valence-electron chi connectivity index (χ0n) is 16.6. The molecule has 0 saturated carbocycles. The molecule has 0 fully saturated rings. The number of thioether (sulfide) groups is 1. The van der Waals surface area contributed by atoms with E-state index in [1.165, 1.54) is 12.1 Å². The van der Waals surface area contributed by atoms with Gasteiger partial charge in [0.2, 0.25) is 0 Å². The first kappa shape index (κ1) is 25.8. The van der Waals surface area contributed by atoms with Crippen molar-refractivity contribution < 1.29 is 17.9 Å². The second-order valence-corrected chi connectivity index (χ2v) is 9.25. The van der Waals surface area contributed by atoms with E-state index in [-0.39, 0.29) is 4.90 Å². The molecule has 1 heterocycles. The van der Waals surface area contributed by atoms with Crippen molar-refractivity contribution in [3.8, 4) is 0 Å². The van der Waals surface area contributed by atoms with Gasteiger partial charge in [0.1, 0.15) is 5.01 Å². The molecule has 0 radical (unpaired) electrons. The van der Waals surface area contributed by atoms with Crippen molar-refractivity contribution in [2.45, 2.75) is 24.1 Å². The van der Waals surface area contributed by atoms with Gasteiger partial charge in [-0.25, -0.2) is 4.98 Å². The van der Waals surface area contributed by atoms with Crippen LogP contribution in [0.2, 0.25) is 0 Å². The van der Waals surface area contributed by atoms with Gasteiger partial charge >= 0.3 is 0 Å². The summed E-state index contributed by atoms with van der Waals surface area (Å²) in [5.74, 6) is 2.07. The van der Waals surface area contributed by atoms with Gasteiger partial charge in [0.15, 0.2) is 5.82 Å². The monoisotopic (exact) mass is 475 g/mol. The van der Waals surface area contributed by atoms with Gasteiger partial charge < -0.3 is 16.4 Å². The lowest BCUT2D eigenvalue weighted by Gasteiger charge is -2.06. The standard InChI is InChI=1S/C10H17N5O2S2.C7H8O3S/c1-12-9(5-15(16)17)13-2-3-18-6-8-7-19-10(4-11)14-8;1-6-2-4-7(5-3-6)11(8,9)10/h5,7,12-13H,2-4,6,11H2,1H3;2-5H,1H3,(H,8,9,10). The highest BCUT2D eigenvalue weighted by molar-refractivity contribution is 7.98. The Bertz CT molecular complexity index is 930. The maximum atomic E-state index is 10.5. The average Bonchev–Trinajstić information content (AvgIpc) is 3.14. The number of thiazole rings is 1. The zero-order valence-corrected chi connectivity index (χ0v) is 19.0. The van der Waals surface area contributed by atoms with Crippen molar-refractivity contribution in [2.24, 2.45) is 5.73 Å². The molecule has 0 bridgehead atoms. The normalized spacial score (nSPS) is 11.4. The van der Waals surface area contributed by atoms with E-state index >= 15 is 0 Å². The second kappa shape index (κ2) is 13.2. The first-order valence-corrected chi connectivity index (χ1v) is 12.1. The van der Waals surface area contributed by atoms with Crippen molar-refractivity contribution >= 4 is 33.2 Å². The van der Waals surface area contributed by atoms with Crippen LogP contribution in [0.25, 0.3) is 0 Å². The molecule has 30 heavy (non-hydrogen) atoms. The molecule has 0 saturated heterocycles. The molecule has 0 spiro atoms. The van der Waals surface area contributed by atoms with Crippen LogP contribution in [0.3, 0.4) is 0 Å². The molecule has 0 aliphatic carbocycles. The smallest absolute Gasteiger partial charge is 0.294 e.